The van der Waals surface area contributed by atoms with Crippen LogP contribution in [-0.2, 0) is 4.79 Å². The van der Waals surface area contributed by atoms with E-state index in [9.17, 15) is 4.79 Å². The second-order valence-corrected chi connectivity index (χ2v) is 8.52. The lowest BCUT2D eigenvalue weighted by molar-refractivity contribution is -0.119. The molecule has 0 spiro atoms. The standard InChI is InChI=1S/C20H26N4O3S/c1-12(2)19-22-23-20(24(19)15-5-6-15)28-11-18(25)21-13(3)14-4-7-16-17(10-14)27-9-8-26-16/h4,7,10,12-13,15H,5-6,8-9,11H2,1-3H3,(H,21,25). The van der Waals surface area contributed by atoms with Gasteiger partial charge in [0.2, 0.25) is 5.91 Å². The van der Waals surface area contributed by atoms with Crippen LogP contribution in [-0.4, -0.2) is 39.6 Å². The Morgan fingerprint density at radius 3 is 2.68 bits per heavy atom. The first-order chi connectivity index (χ1) is 13.5. The fourth-order valence-electron chi connectivity index (χ4n) is 3.28. The fraction of sp³-hybridized carbons (Fsp3) is 0.550. The normalized spacial score (nSPS) is 16.9. The van der Waals surface area contributed by atoms with E-state index in [0.717, 1.165) is 28.0 Å². The quantitative estimate of drug-likeness (QED) is 0.715. The van der Waals surface area contributed by atoms with E-state index in [0.29, 0.717) is 30.9 Å². The molecule has 1 amide bonds. The van der Waals surface area contributed by atoms with E-state index in [1.54, 1.807) is 0 Å². The summed E-state index contributed by atoms with van der Waals surface area (Å²) in [6.45, 7) is 7.34. The molecule has 0 bridgehead atoms. The molecule has 1 saturated carbocycles. The number of carbonyl (C=O) groups excluding carboxylic acids is 1. The number of carbonyl (C=O) groups is 1. The second kappa shape index (κ2) is 8.03. The molecule has 1 unspecified atom stereocenters. The monoisotopic (exact) mass is 402 g/mol. The molecule has 1 fully saturated rings. The van der Waals surface area contributed by atoms with Gasteiger partial charge in [0.15, 0.2) is 16.7 Å². The molecule has 28 heavy (non-hydrogen) atoms. The summed E-state index contributed by atoms with van der Waals surface area (Å²) in [6.07, 6.45) is 2.33. The second-order valence-electron chi connectivity index (χ2n) is 7.58. The SMILES string of the molecule is CC(C)c1nnc(SCC(=O)NC(C)c2ccc3c(c2)OCCO3)n1C1CC1. The van der Waals surface area contributed by atoms with Crippen LogP contribution in [0.3, 0.4) is 0 Å². The Labute approximate surface area is 169 Å². The number of hydrogen-bond acceptors (Lipinski definition) is 6. The van der Waals surface area contributed by atoms with Gasteiger partial charge in [-0.1, -0.05) is 31.7 Å². The van der Waals surface area contributed by atoms with E-state index < -0.39 is 0 Å². The van der Waals surface area contributed by atoms with Crippen LogP contribution in [0.25, 0.3) is 0 Å². The highest BCUT2D eigenvalue weighted by Gasteiger charge is 2.30. The maximum atomic E-state index is 12.5. The van der Waals surface area contributed by atoms with E-state index in [-0.39, 0.29) is 11.9 Å². The first kappa shape index (κ1) is 19.1. The van der Waals surface area contributed by atoms with Crippen LogP contribution in [0.2, 0.25) is 0 Å². The van der Waals surface area contributed by atoms with Gasteiger partial charge >= 0.3 is 0 Å². The van der Waals surface area contributed by atoms with Crippen molar-refractivity contribution < 1.29 is 14.3 Å². The van der Waals surface area contributed by atoms with Gasteiger partial charge in [-0.15, -0.1) is 10.2 Å². The Kier molecular flexibility index (Phi) is 5.48. The molecule has 1 aliphatic heterocycles. The van der Waals surface area contributed by atoms with Crippen LogP contribution < -0.4 is 14.8 Å². The van der Waals surface area contributed by atoms with Gasteiger partial charge in [0, 0.05) is 12.0 Å². The number of benzene rings is 1. The summed E-state index contributed by atoms with van der Waals surface area (Å²) >= 11 is 1.45. The number of nitrogens with one attached hydrogen (secondary N) is 1. The molecule has 150 valence electrons. The van der Waals surface area contributed by atoms with Crippen molar-refractivity contribution in [3.05, 3.63) is 29.6 Å². The van der Waals surface area contributed by atoms with Crippen LogP contribution in [0.4, 0.5) is 0 Å². The predicted octanol–water partition coefficient (Wildman–Crippen LogP) is 3.48. The predicted molar refractivity (Wildman–Crippen MR) is 107 cm³/mol. The first-order valence-electron chi connectivity index (χ1n) is 9.79. The van der Waals surface area contributed by atoms with E-state index in [1.165, 1.54) is 24.6 Å². The van der Waals surface area contributed by atoms with Crippen LogP contribution in [0.15, 0.2) is 23.4 Å². The Morgan fingerprint density at radius 1 is 1.21 bits per heavy atom. The average molecular weight is 403 g/mol. The molecular formula is C20H26N4O3S. The third-order valence-electron chi connectivity index (χ3n) is 4.90. The smallest absolute Gasteiger partial charge is 0.230 e. The van der Waals surface area contributed by atoms with Crippen LogP contribution >= 0.6 is 11.8 Å². The summed E-state index contributed by atoms with van der Waals surface area (Å²) in [5.41, 5.74) is 0.992. The summed E-state index contributed by atoms with van der Waals surface area (Å²) in [5.74, 6) is 3.12. The highest BCUT2D eigenvalue weighted by atomic mass is 32.2. The number of aromatic nitrogens is 3. The summed E-state index contributed by atoms with van der Waals surface area (Å²) in [5, 5.41) is 12.6. The largest absolute Gasteiger partial charge is 0.486 e. The van der Waals surface area contributed by atoms with Gasteiger partial charge in [-0.05, 0) is 37.5 Å². The number of nitrogens with zero attached hydrogens (tertiary/aromatic N) is 3. The van der Waals surface area contributed by atoms with Gasteiger partial charge in [0.1, 0.15) is 19.0 Å². The molecule has 1 aromatic carbocycles. The minimum absolute atomic E-state index is 0.0242. The van der Waals surface area contributed by atoms with Crippen molar-refractivity contribution in [1.29, 1.82) is 0 Å². The molecule has 1 atom stereocenters. The van der Waals surface area contributed by atoms with Gasteiger partial charge in [-0.25, -0.2) is 0 Å². The molecule has 2 aromatic rings. The summed E-state index contributed by atoms with van der Waals surface area (Å²) < 4.78 is 13.4. The Morgan fingerprint density at radius 2 is 1.96 bits per heavy atom. The number of thioether (sulfide) groups is 1. The fourth-order valence-corrected chi connectivity index (χ4v) is 4.11. The Balaban J connectivity index is 1.36. The van der Waals surface area contributed by atoms with Crippen molar-refractivity contribution in [3.63, 3.8) is 0 Å². The van der Waals surface area contributed by atoms with Gasteiger partial charge in [0.05, 0.1) is 11.8 Å². The van der Waals surface area contributed by atoms with Crippen molar-refractivity contribution in [2.75, 3.05) is 19.0 Å². The zero-order valence-corrected chi connectivity index (χ0v) is 17.3. The molecule has 1 aromatic heterocycles. The zero-order valence-electron chi connectivity index (χ0n) is 16.5. The molecule has 1 aliphatic carbocycles. The van der Waals surface area contributed by atoms with E-state index in [4.69, 9.17) is 9.47 Å². The molecule has 2 aliphatic rings. The Bertz CT molecular complexity index is 863. The van der Waals surface area contributed by atoms with E-state index in [2.05, 4.69) is 33.9 Å². The molecule has 4 rings (SSSR count). The topological polar surface area (TPSA) is 78.3 Å². The third kappa shape index (κ3) is 4.11. The molecule has 0 radical (unpaired) electrons. The molecular weight excluding hydrogens is 376 g/mol. The third-order valence-corrected chi connectivity index (χ3v) is 5.84. The Hall–Kier alpha value is -2.22. The number of amides is 1. The average Bonchev–Trinajstić information content (AvgIpc) is 3.44. The molecule has 0 saturated heterocycles. The highest BCUT2D eigenvalue weighted by Crippen LogP contribution is 2.40. The minimum atomic E-state index is -0.114. The number of ether oxygens (including phenoxy) is 2. The number of rotatable bonds is 7. The van der Waals surface area contributed by atoms with Crippen molar-refractivity contribution in [1.82, 2.24) is 20.1 Å². The summed E-state index contributed by atoms with van der Waals surface area (Å²) in [6, 6.07) is 6.17. The van der Waals surface area contributed by atoms with Crippen LogP contribution in [0.5, 0.6) is 11.5 Å². The maximum absolute atomic E-state index is 12.5. The molecule has 7 nitrogen and oxygen atoms in total. The number of hydrogen-bond donors (Lipinski definition) is 1. The van der Waals surface area contributed by atoms with Crippen LogP contribution in [0.1, 0.15) is 63.0 Å². The van der Waals surface area contributed by atoms with Crippen molar-refractivity contribution in [2.45, 2.75) is 56.8 Å². The lowest BCUT2D eigenvalue weighted by atomic mass is 10.1. The maximum Gasteiger partial charge on any atom is 0.230 e. The molecule has 8 heteroatoms. The van der Waals surface area contributed by atoms with Crippen molar-refractivity contribution in [2.24, 2.45) is 0 Å². The first-order valence-corrected chi connectivity index (χ1v) is 10.8. The van der Waals surface area contributed by atoms with E-state index in [1.807, 2.05) is 25.1 Å². The van der Waals surface area contributed by atoms with Gasteiger partial charge in [0.25, 0.3) is 0 Å². The summed E-state index contributed by atoms with van der Waals surface area (Å²) in [4.78, 5) is 12.5. The van der Waals surface area contributed by atoms with Gasteiger partial charge in [-0.3, -0.25) is 4.79 Å². The minimum Gasteiger partial charge on any atom is -0.486 e. The molecule has 1 N–H and O–H groups in total. The van der Waals surface area contributed by atoms with Gasteiger partial charge < -0.3 is 19.4 Å². The van der Waals surface area contributed by atoms with Gasteiger partial charge in [-0.2, -0.15) is 0 Å². The van der Waals surface area contributed by atoms with Crippen molar-refractivity contribution >= 4 is 17.7 Å². The highest BCUT2D eigenvalue weighted by molar-refractivity contribution is 7.99. The van der Waals surface area contributed by atoms with E-state index >= 15 is 0 Å². The molecule has 2 heterocycles. The zero-order chi connectivity index (χ0) is 19.7. The lowest BCUT2D eigenvalue weighted by Crippen LogP contribution is -2.28. The summed E-state index contributed by atoms with van der Waals surface area (Å²) in [7, 11) is 0. The van der Waals surface area contributed by atoms with Crippen molar-refractivity contribution in [3.8, 4) is 11.5 Å². The number of fused-ring (bicyclic) bond motifs is 1. The lowest BCUT2D eigenvalue weighted by Gasteiger charge is -2.21. The van der Waals surface area contributed by atoms with Crippen LogP contribution in [0, 0.1) is 0 Å².